The average molecular weight is 371 g/mol. The van der Waals surface area contributed by atoms with Crippen molar-refractivity contribution in [3.05, 3.63) is 61.1 Å². The number of pyridine rings is 2. The van der Waals surface area contributed by atoms with E-state index < -0.39 is 0 Å². The summed E-state index contributed by atoms with van der Waals surface area (Å²) in [6.45, 7) is 1.99. The molecule has 28 heavy (non-hydrogen) atoms. The van der Waals surface area contributed by atoms with Crippen LogP contribution in [0, 0.1) is 0 Å². The molecule has 0 unspecified atom stereocenters. The maximum Gasteiger partial charge on any atom is 0.224 e. The molecule has 0 spiro atoms. The molecule has 0 fully saturated rings. The van der Waals surface area contributed by atoms with Crippen LogP contribution in [-0.4, -0.2) is 25.7 Å². The molecule has 0 aliphatic rings. The van der Waals surface area contributed by atoms with Gasteiger partial charge in [0.1, 0.15) is 0 Å². The first kappa shape index (κ1) is 17.9. The third-order valence-corrected chi connectivity index (χ3v) is 4.51. The Kier molecular flexibility index (Phi) is 4.85. The fourth-order valence-corrected chi connectivity index (χ4v) is 3.19. The van der Waals surface area contributed by atoms with Crippen LogP contribution >= 0.6 is 0 Å². The minimum atomic E-state index is 0.00946. The summed E-state index contributed by atoms with van der Waals surface area (Å²) < 4.78 is 1.75. The highest BCUT2D eigenvalue weighted by Gasteiger charge is 2.12. The summed E-state index contributed by atoms with van der Waals surface area (Å²) in [4.78, 5) is 21.3. The summed E-state index contributed by atoms with van der Waals surface area (Å²) >= 11 is 0. The Bertz CT molecular complexity index is 1130. The van der Waals surface area contributed by atoms with Gasteiger partial charge in [0.2, 0.25) is 5.91 Å². The number of aryl methyl sites for hydroxylation is 1. The van der Waals surface area contributed by atoms with E-state index in [1.165, 1.54) is 0 Å². The molecule has 0 saturated carbocycles. The van der Waals surface area contributed by atoms with Crippen LogP contribution < -0.4 is 5.32 Å². The van der Waals surface area contributed by atoms with E-state index in [0.29, 0.717) is 6.42 Å². The Labute approximate surface area is 163 Å². The first-order valence-electron chi connectivity index (χ1n) is 9.29. The minimum absolute atomic E-state index is 0.00946. The van der Waals surface area contributed by atoms with Crippen LogP contribution in [0.4, 0.5) is 5.69 Å². The van der Waals surface area contributed by atoms with Crippen LogP contribution in [0.3, 0.4) is 0 Å². The molecule has 1 amide bonds. The maximum absolute atomic E-state index is 12.0. The quantitative estimate of drug-likeness (QED) is 0.563. The highest BCUT2D eigenvalue weighted by Crippen LogP contribution is 2.32. The molecule has 6 heteroatoms. The number of hydrogen-bond donors (Lipinski definition) is 1. The van der Waals surface area contributed by atoms with E-state index in [-0.39, 0.29) is 5.91 Å². The largest absolute Gasteiger partial charge is 0.326 e. The standard InChI is InChI=1S/C22H21N5O/c1-3-6-22(28)25-16-8-9-17-18(19-7-4-5-10-23-19)12-20(26-21(17)11-16)15-13-24-27(2)14-15/h4-5,7-14H,3,6H2,1-2H3,(H,25,28). The van der Waals surface area contributed by atoms with Gasteiger partial charge >= 0.3 is 0 Å². The van der Waals surface area contributed by atoms with Crippen LogP contribution in [0.2, 0.25) is 0 Å². The molecule has 1 N–H and O–H groups in total. The summed E-state index contributed by atoms with van der Waals surface area (Å²) in [5.41, 5.74) is 5.17. The van der Waals surface area contributed by atoms with Gasteiger partial charge in [-0.25, -0.2) is 4.98 Å². The zero-order valence-corrected chi connectivity index (χ0v) is 15.9. The van der Waals surface area contributed by atoms with Crippen molar-refractivity contribution in [1.82, 2.24) is 19.7 Å². The fraction of sp³-hybridized carbons (Fsp3) is 0.182. The number of nitrogens with zero attached hydrogens (tertiary/aromatic N) is 4. The molecule has 0 aliphatic carbocycles. The molecule has 3 aromatic heterocycles. The molecule has 4 rings (SSSR count). The lowest BCUT2D eigenvalue weighted by atomic mass is 10.0. The second-order valence-corrected chi connectivity index (χ2v) is 6.70. The maximum atomic E-state index is 12.0. The molecule has 0 radical (unpaired) electrons. The number of hydrogen-bond acceptors (Lipinski definition) is 4. The number of fused-ring (bicyclic) bond motifs is 1. The van der Waals surface area contributed by atoms with Crippen molar-refractivity contribution in [2.24, 2.45) is 7.05 Å². The topological polar surface area (TPSA) is 72.7 Å². The normalized spacial score (nSPS) is 10.9. The highest BCUT2D eigenvalue weighted by atomic mass is 16.1. The van der Waals surface area contributed by atoms with Gasteiger partial charge in [0.25, 0.3) is 0 Å². The zero-order chi connectivity index (χ0) is 19.5. The van der Waals surface area contributed by atoms with E-state index in [2.05, 4.69) is 15.4 Å². The van der Waals surface area contributed by atoms with Gasteiger partial charge in [-0.3, -0.25) is 14.5 Å². The number of carbonyl (C=O) groups excluding carboxylic acids is 1. The SMILES string of the molecule is CCCC(=O)Nc1ccc2c(-c3ccccn3)cc(-c3cnn(C)c3)nc2c1. The lowest BCUT2D eigenvalue weighted by Gasteiger charge is -2.11. The lowest BCUT2D eigenvalue weighted by Crippen LogP contribution is -2.10. The number of aromatic nitrogens is 4. The molecule has 0 aliphatic heterocycles. The number of carbonyl (C=O) groups is 1. The molecule has 6 nitrogen and oxygen atoms in total. The first-order valence-corrected chi connectivity index (χ1v) is 9.29. The van der Waals surface area contributed by atoms with Crippen molar-refractivity contribution in [3.8, 4) is 22.5 Å². The number of nitrogens with one attached hydrogen (secondary N) is 1. The molecule has 0 atom stereocenters. The number of anilines is 1. The van der Waals surface area contributed by atoms with E-state index in [1.807, 2.05) is 62.6 Å². The third kappa shape index (κ3) is 3.62. The van der Waals surface area contributed by atoms with Gasteiger partial charge in [0, 0.05) is 48.1 Å². The second-order valence-electron chi connectivity index (χ2n) is 6.70. The Hall–Kier alpha value is -3.54. The van der Waals surface area contributed by atoms with Crippen LogP contribution in [0.1, 0.15) is 19.8 Å². The Balaban J connectivity index is 1.87. The van der Waals surface area contributed by atoms with Crippen LogP contribution in [0.15, 0.2) is 61.1 Å². The third-order valence-electron chi connectivity index (χ3n) is 4.51. The summed E-state index contributed by atoms with van der Waals surface area (Å²) in [5.74, 6) is 0.00946. The van der Waals surface area contributed by atoms with E-state index in [0.717, 1.165) is 45.5 Å². The molecular formula is C22H21N5O. The zero-order valence-electron chi connectivity index (χ0n) is 15.9. The summed E-state index contributed by atoms with van der Waals surface area (Å²) in [7, 11) is 1.88. The van der Waals surface area contributed by atoms with Crippen molar-refractivity contribution in [3.63, 3.8) is 0 Å². The second kappa shape index (κ2) is 7.60. The molecule has 140 valence electrons. The smallest absolute Gasteiger partial charge is 0.224 e. The van der Waals surface area contributed by atoms with Crippen molar-refractivity contribution in [2.75, 3.05) is 5.32 Å². The van der Waals surface area contributed by atoms with E-state index in [1.54, 1.807) is 17.1 Å². The van der Waals surface area contributed by atoms with Gasteiger partial charge in [-0.1, -0.05) is 19.1 Å². The lowest BCUT2D eigenvalue weighted by molar-refractivity contribution is -0.116. The van der Waals surface area contributed by atoms with Crippen LogP contribution in [0.25, 0.3) is 33.4 Å². The number of rotatable bonds is 5. The van der Waals surface area contributed by atoms with Gasteiger partial charge in [0.05, 0.1) is 23.1 Å². The van der Waals surface area contributed by atoms with Gasteiger partial charge < -0.3 is 5.32 Å². The average Bonchev–Trinajstić information content (AvgIpc) is 3.14. The monoisotopic (exact) mass is 371 g/mol. The van der Waals surface area contributed by atoms with Crippen LogP contribution in [-0.2, 0) is 11.8 Å². The minimum Gasteiger partial charge on any atom is -0.326 e. The van der Waals surface area contributed by atoms with Crippen molar-refractivity contribution >= 4 is 22.5 Å². The van der Waals surface area contributed by atoms with E-state index >= 15 is 0 Å². The predicted molar refractivity (Wildman–Crippen MR) is 111 cm³/mol. The molecule has 3 heterocycles. The van der Waals surface area contributed by atoms with Gasteiger partial charge in [-0.15, -0.1) is 0 Å². The molecule has 0 bridgehead atoms. The molecule has 1 aromatic carbocycles. The van der Waals surface area contributed by atoms with Gasteiger partial charge in [0.15, 0.2) is 0 Å². The number of amides is 1. The fourth-order valence-electron chi connectivity index (χ4n) is 3.19. The summed E-state index contributed by atoms with van der Waals surface area (Å²) in [5, 5.41) is 8.19. The Morgan fingerprint density at radius 3 is 2.75 bits per heavy atom. The molecule has 0 saturated heterocycles. The van der Waals surface area contributed by atoms with Crippen molar-refractivity contribution < 1.29 is 4.79 Å². The summed E-state index contributed by atoms with van der Waals surface area (Å²) in [6, 6.07) is 13.7. The first-order chi connectivity index (χ1) is 13.6. The highest BCUT2D eigenvalue weighted by molar-refractivity contribution is 5.99. The van der Waals surface area contributed by atoms with Gasteiger partial charge in [-0.05, 0) is 36.8 Å². The van der Waals surface area contributed by atoms with E-state index in [9.17, 15) is 4.79 Å². The number of benzene rings is 1. The van der Waals surface area contributed by atoms with Gasteiger partial charge in [-0.2, -0.15) is 5.10 Å². The van der Waals surface area contributed by atoms with E-state index in [4.69, 9.17) is 4.98 Å². The predicted octanol–water partition coefficient (Wildman–Crippen LogP) is 4.44. The summed E-state index contributed by atoms with van der Waals surface area (Å²) in [6.07, 6.45) is 6.82. The van der Waals surface area contributed by atoms with Crippen LogP contribution in [0.5, 0.6) is 0 Å². The van der Waals surface area contributed by atoms with Crippen molar-refractivity contribution in [1.29, 1.82) is 0 Å². The molecular weight excluding hydrogens is 350 g/mol. The molecule has 4 aromatic rings. The van der Waals surface area contributed by atoms with Crippen molar-refractivity contribution in [2.45, 2.75) is 19.8 Å². The Morgan fingerprint density at radius 1 is 1.14 bits per heavy atom. The Morgan fingerprint density at radius 2 is 2.04 bits per heavy atom.